The Balaban J connectivity index is 2.34. The second-order valence-corrected chi connectivity index (χ2v) is 6.39. The number of nitro groups is 1. The van der Waals surface area contributed by atoms with Crippen LogP contribution in [0.5, 0.6) is 0 Å². The smallest absolute Gasteiger partial charge is 0.338 e. The van der Waals surface area contributed by atoms with E-state index >= 15 is 0 Å². The summed E-state index contributed by atoms with van der Waals surface area (Å²) in [6, 6.07) is 5.70. The molecule has 0 aromatic heterocycles. The molecule has 1 atom stereocenters. The van der Waals surface area contributed by atoms with Gasteiger partial charge >= 0.3 is 5.97 Å². The van der Waals surface area contributed by atoms with E-state index in [4.69, 9.17) is 17.0 Å². The van der Waals surface area contributed by atoms with Crippen LogP contribution in [-0.4, -0.2) is 28.7 Å². The zero-order valence-electron chi connectivity index (χ0n) is 14.8. The molecule has 7 nitrogen and oxygen atoms in total. The topological polar surface area (TPSA) is 93.5 Å². The Morgan fingerprint density at radius 3 is 2.58 bits per heavy atom. The Morgan fingerprint density at radius 1 is 1.38 bits per heavy atom. The van der Waals surface area contributed by atoms with E-state index in [2.05, 4.69) is 10.6 Å². The fraction of sp³-hybridized carbons (Fsp3) is 0.333. The van der Waals surface area contributed by atoms with Gasteiger partial charge in [0.15, 0.2) is 5.11 Å². The molecule has 0 saturated heterocycles. The zero-order valence-corrected chi connectivity index (χ0v) is 15.6. The summed E-state index contributed by atoms with van der Waals surface area (Å²) < 4.78 is 5.19. The minimum absolute atomic E-state index is 0.0255. The lowest BCUT2D eigenvalue weighted by Gasteiger charge is -2.30. The van der Waals surface area contributed by atoms with Gasteiger partial charge in [0.25, 0.3) is 5.69 Å². The largest absolute Gasteiger partial charge is 0.463 e. The number of nitrogens with one attached hydrogen (secondary N) is 2. The molecule has 2 N–H and O–H groups in total. The third-order valence-electron chi connectivity index (χ3n) is 3.79. The molecule has 8 heteroatoms. The molecule has 1 aromatic carbocycles. The Labute approximate surface area is 157 Å². The number of carbonyl (C=O) groups is 1. The SMILES string of the molecule is CCOC(=O)C1=C(C(C)C)NC(=S)N[C@H]1/C=C/c1ccc([N+](=O)[O-])cc1. The van der Waals surface area contributed by atoms with Gasteiger partial charge in [-0.05, 0) is 42.8 Å². The van der Waals surface area contributed by atoms with Gasteiger partial charge < -0.3 is 15.4 Å². The molecule has 0 bridgehead atoms. The number of nitrogens with zero attached hydrogens (tertiary/aromatic N) is 1. The molecule has 0 unspecified atom stereocenters. The minimum Gasteiger partial charge on any atom is -0.463 e. The van der Waals surface area contributed by atoms with Gasteiger partial charge in [-0.2, -0.15) is 0 Å². The maximum Gasteiger partial charge on any atom is 0.338 e. The van der Waals surface area contributed by atoms with Crippen molar-refractivity contribution in [1.29, 1.82) is 0 Å². The third kappa shape index (κ3) is 4.66. The van der Waals surface area contributed by atoms with Crippen molar-refractivity contribution in [2.45, 2.75) is 26.8 Å². The van der Waals surface area contributed by atoms with Crippen LogP contribution in [0.3, 0.4) is 0 Å². The predicted molar refractivity (Wildman–Crippen MR) is 103 cm³/mol. The maximum atomic E-state index is 12.4. The second-order valence-electron chi connectivity index (χ2n) is 5.99. The first kappa shape index (κ1) is 19.6. The molecule has 1 aliphatic heterocycles. The van der Waals surface area contributed by atoms with E-state index in [1.165, 1.54) is 12.1 Å². The molecule has 0 saturated carbocycles. The van der Waals surface area contributed by atoms with Gasteiger partial charge in [-0.1, -0.05) is 26.0 Å². The van der Waals surface area contributed by atoms with Crippen molar-refractivity contribution in [2.75, 3.05) is 6.61 Å². The zero-order chi connectivity index (χ0) is 19.3. The summed E-state index contributed by atoms with van der Waals surface area (Å²) in [5, 5.41) is 17.3. The number of non-ortho nitro benzene ring substituents is 1. The average Bonchev–Trinajstić information content (AvgIpc) is 2.59. The molecular formula is C18H21N3O4S. The van der Waals surface area contributed by atoms with Crippen LogP contribution in [0.1, 0.15) is 26.3 Å². The Morgan fingerprint density at radius 2 is 2.04 bits per heavy atom. The van der Waals surface area contributed by atoms with Crippen molar-refractivity contribution in [2.24, 2.45) is 5.92 Å². The Hall–Kier alpha value is -2.74. The molecule has 1 aliphatic rings. The van der Waals surface area contributed by atoms with E-state index in [9.17, 15) is 14.9 Å². The molecule has 1 heterocycles. The number of carbonyl (C=O) groups excluding carboxylic acids is 1. The maximum absolute atomic E-state index is 12.4. The molecular weight excluding hydrogens is 354 g/mol. The third-order valence-corrected chi connectivity index (χ3v) is 4.01. The normalized spacial score (nSPS) is 17.2. The molecule has 0 fully saturated rings. The first-order valence-corrected chi connectivity index (χ1v) is 8.65. The monoisotopic (exact) mass is 375 g/mol. The van der Waals surface area contributed by atoms with Crippen molar-refractivity contribution in [3.05, 3.63) is 57.3 Å². The Bertz CT molecular complexity index is 769. The molecule has 0 radical (unpaired) electrons. The summed E-state index contributed by atoms with van der Waals surface area (Å²) in [4.78, 5) is 22.7. The number of thiocarbonyl (C=S) groups is 1. The molecule has 138 valence electrons. The van der Waals surface area contributed by atoms with Gasteiger partial charge in [0.05, 0.1) is 23.1 Å². The van der Waals surface area contributed by atoms with Crippen molar-refractivity contribution in [3.8, 4) is 0 Å². The van der Waals surface area contributed by atoms with Crippen LogP contribution in [0, 0.1) is 16.0 Å². The van der Waals surface area contributed by atoms with Crippen LogP contribution < -0.4 is 10.6 Å². The fourth-order valence-electron chi connectivity index (χ4n) is 2.57. The minimum atomic E-state index is -0.449. The Kier molecular flexibility index (Phi) is 6.46. The van der Waals surface area contributed by atoms with Gasteiger partial charge in [-0.25, -0.2) is 4.79 Å². The van der Waals surface area contributed by atoms with E-state index in [0.717, 1.165) is 11.3 Å². The van der Waals surface area contributed by atoms with E-state index < -0.39 is 16.9 Å². The van der Waals surface area contributed by atoms with Gasteiger partial charge in [0.1, 0.15) is 0 Å². The number of allylic oxidation sites excluding steroid dienone is 1. The molecule has 0 spiro atoms. The van der Waals surface area contributed by atoms with Gasteiger partial charge in [-0.15, -0.1) is 0 Å². The summed E-state index contributed by atoms with van der Waals surface area (Å²) in [5.41, 5.74) is 2.01. The second kappa shape index (κ2) is 8.57. The number of esters is 1. The van der Waals surface area contributed by atoms with Gasteiger partial charge in [0.2, 0.25) is 0 Å². The van der Waals surface area contributed by atoms with Gasteiger partial charge in [-0.3, -0.25) is 10.1 Å². The van der Waals surface area contributed by atoms with Crippen molar-refractivity contribution in [3.63, 3.8) is 0 Å². The first-order valence-electron chi connectivity index (χ1n) is 8.24. The summed E-state index contributed by atoms with van der Waals surface area (Å²) in [7, 11) is 0. The lowest BCUT2D eigenvalue weighted by atomic mass is 9.95. The summed E-state index contributed by atoms with van der Waals surface area (Å²) in [5.74, 6) is -0.346. The van der Waals surface area contributed by atoms with Crippen LogP contribution in [-0.2, 0) is 9.53 Å². The van der Waals surface area contributed by atoms with E-state index in [0.29, 0.717) is 10.7 Å². The standard InChI is InChI=1S/C18H21N3O4S/c1-4-25-17(22)15-14(19-18(26)20-16(15)11(2)3)10-7-12-5-8-13(9-6-12)21(23)24/h5-11,14H,4H2,1-3H3,(H2,19,20,26)/b10-7+/t14-/m0/s1. The average molecular weight is 375 g/mol. The molecule has 26 heavy (non-hydrogen) atoms. The molecule has 1 aromatic rings. The number of hydrogen-bond acceptors (Lipinski definition) is 5. The van der Waals surface area contributed by atoms with E-state index in [1.54, 1.807) is 31.2 Å². The number of hydrogen-bond donors (Lipinski definition) is 2. The predicted octanol–water partition coefficient (Wildman–Crippen LogP) is 2.93. The van der Waals surface area contributed by atoms with Crippen LogP contribution in [0.4, 0.5) is 5.69 Å². The highest BCUT2D eigenvalue weighted by atomic mass is 32.1. The lowest BCUT2D eigenvalue weighted by Crippen LogP contribution is -2.50. The van der Waals surface area contributed by atoms with Crippen LogP contribution in [0.2, 0.25) is 0 Å². The van der Waals surface area contributed by atoms with Crippen molar-refractivity contribution >= 4 is 35.1 Å². The van der Waals surface area contributed by atoms with Crippen LogP contribution in [0.25, 0.3) is 6.08 Å². The van der Waals surface area contributed by atoms with E-state index in [1.807, 2.05) is 13.8 Å². The van der Waals surface area contributed by atoms with Crippen LogP contribution >= 0.6 is 12.2 Å². The summed E-state index contributed by atoms with van der Waals surface area (Å²) in [6.07, 6.45) is 3.58. The van der Waals surface area contributed by atoms with Crippen molar-refractivity contribution < 1.29 is 14.5 Å². The number of nitro benzene ring substituents is 1. The lowest BCUT2D eigenvalue weighted by molar-refractivity contribution is -0.384. The van der Waals surface area contributed by atoms with Crippen molar-refractivity contribution in [1.82, 2.24) is 10.6 Å². The number of ether oxygens (including phenoxy) is 1. The highest BCUT2D eigenvalue weighted by Gasteiger charge is 2.30. The summed E-state index contributed by atoms with van der Waals surface area (Å²) in [6.45, 7) is 5.96. The fourth-order valence-corrected chi connectivity index (χ4v) is 2.80. The molecule has 0 aliphatic carbocycles. The number of rotatable bonds is 6. The molecule has 2 rings (SSSR count). The van der Waals surface area contributed by atoms with Crippen LogP contribution in [0.15, 0.2) is 41.6 Å². The van der Waals surface area contributed by atoms with Gasteiger partial charge in [0, 0.05) is 17.8 Å². The highest BCUT2D eigenvalue weighted by molar-refractivity contribution is 7.80. The number of benzene rings is 1. The first-order chi connectivity index (χ1) is 12.3. The quantitative estimate of drug-likeness (QED) is 0.342. The van der Waals surface area contributed by atoms with E-state index in [-0.39, 0.29) is 18.2 Å². The summed E-state index contributed by atoms with van der Waals surface area (Å²) >= 11 is 5.24. The highest BCUT2D eigenvalue weighted by Crippen LogP contribution is 2.22. The molecule has 0 amide bonds.